The zero-order valence-corrected chi connectivity index (χ0v) is 13.7. The number of benzene rings is 2. The van der Waals surface area contributed by atoms with Crippen LogP contribution in [-0.2, 0) is 0 Å². The van der Waals surface area contributed by atoms with E-state index in [0.717, 1.165) is 5.69 Å². The molecule has 0 unspecified atom stereocenters. The molecule has 0 aliphatic heterocycles. The third-order valence-corrected chi connectivity index (χ3v) is 3.77. The van der Waals surface area contributed by atoms with E-state index in [1.54, 1.807) is 18.2 Å². The van der Waals surface area contributed by atoms with Gasteiger partial charge in [0.2, 0.25) is 0 Å². The summed E-state index contributed by atoms with van der Waals surface area (Å²) in [6.07, 6.45) is 2.73. The Kier molecular flexibility index (Phi) is 4.57. The van der Waals surface area contributed by atoms with Crippen LogP contribution in [0.5, 0.6) is 5.75 Å². The number of aryl methyl sites for hydroxylation is 1. The zero-order chi connectivity index (χ0) is 18.7. The molecule has 0 aliphatic rings. The van der Waals surface area contributed by atoms with Crippen LogP contribution in [0.25, 0.3) is 10.8 Å². The maximum atomic E-state index is 12.0. The predicted molar refractivity (Wildman–Crippen MR) is 96.3 cm³/mol. The Labute approximate surface area is 148 Å². The van der Waals surface area contributed by atoms with Crippen molar-refractivity contribution < 1.29 is 14.8 Å². The molecule has 26 heavy (non-hydrogen) atoms. The first kappa shape index (κ1) is 17.0. The van der Waals surface area contributed by atoms with E-state index in [-0.39, 0.29) is 11.4 Å². The van der Waals surface area contributed by atoms with Gasteiger partial charge >= 0.3 is 0 Å². The molecule has 0 radical (unpaired) electrons. The lowest BCUT2D eigenvalue weighted by molar-refractivity contribution is -0.384. The van der Waals surface area contributed by atoms with Crippen LogP contribution in [0.4, 0.5) is 5.69 Å². The molecule has 130 valence electrons. The third-order valence-electron chi connectivity index (χ3n) is 3.77. The Balaban J connectivity index is 1.86. The summed E-state index contributed by atoms with van der Waals surface area (Å²) in [5.41, 5.74) is 3.80. The number of nitrogens with zero attached hydrogens (tertiary/aromatic N) is 3. The number of amides is 1. The summed E-state index contributed by atoms with van der Waals surface area (Å²) in [6.45, 7) is 1.81. The number of hydrogen-bond donors (Lipinski definition) is 2. The third kappa shape index (κ3) is 3.48. The van der Waals surface area contributed by atoms with Crippen LogP contribution in [0.2, 0.25) is 0 Å². The van der Waals surface area contributed by atoms with Crippen LogP contribution in [-0.4, -0.2) is 27.1 Å². The van der Waals surface area contributed by atoms with Crippen molar-refractivity contribution in [2.45, 2.75) is 6.92 Å². The van der Waals surface area contributed by atoms with E-state index in [2.05, 4.69) is 15.5 Å². The molecule has 1 aromatic heterocycles. The number of carbonyl (C=O) groups is 1. The van der Waals surface area contributed by atoms with Gasteiger partial charge in [-0.05, 0) is 42.0 Å². The number of rotatable bonds is 4. The molecule has 0 fully saturated rings. The molecule has 2 N–H and O–H groups in total. The predicted octanol–water partition coefficient (Wildman–Crippen LogP) is 2.92. The molecule has 0 saturated carbocycles. The van der Waals surface area contributed by atoms with Gasteiger partial charge in [-0.1, -0.05) is 6.07 Å². The number of phenols is 1. The van der Waals surface area contributed by atoms with Gasteiger partial charge in [0, 0.05) is 29.6 Å². The van der Waals surface area contributed by atoms with Crippen LogP contribution in [0.15, 0.2) is 53.8 Å². The normalized spacial score (nSPS) is 11.0. The second-order valence-corrected chi connectivity index (χ2v) is 5.55. The summed E-state index contributed by atoms with van der Waals surface area (Å²) in [5.74, 6) is -0.495. The van der Waals surface area contributed by atoms with E-state index < -0.39 is 10.8 Å². The largest absolute Gasteiger partial charge is 0.507 e. The SMILES string of the molecule is Cc1ccc(C(=O)NN=Cc2c(O)ccc3cc([N+](=O)[O-])ccc23)cn1. The number of nitro groups is 1. The van der Waals surface area contributed by atoms with Crippen molar-refractivity contribution in [2.24, 2.45) is 5.10 Å². The highest BCUT2D eigenvalue weighted by Crippen LogP contribution is 2.28. The number of aromatic hydroxyl groups is 1. The highest BCUT2D eigenvalue weighted by Gasteiger charge is 2.11. The molecule has 2 aromatic carbocycles. The van der Waals surface area contributed by atoms with E-state index in [0.29, 0.717) is 21.9 Å². The minimum atomic E-state index is -0.490. The number of phenolic OH excluding ortho intramolecular Hbond substituents is 1. The number of aromatic nitrogens is 1. The summed E-state index contributed by atoms with van der Waals surface area (Å²) in [7, 11) is 0. The quantitative estimate of drug-likeness (QED) is 0.426. The molecule has 1 heterocycles. The van der Waals surface area contributed by atoms with Gasteiger partial charge in [-0.15, -0.1) is 0 Å². The molecule has 0 saturated heterocycles. The fourth-order valence-electron chi connectivity index (χ4n) is 2.40. The van der Waals surface area contributed by atoms with E-state index in [4.69, 9.17) is 0 Å². The molecule has 0 aliphatic carbocycles. The first-order valence-electron chi connectivity index (χ1n) is 7.62. The molecule has 8 nitrogen and oxygen atoms in total. The van der Waals surface area contributed by atoms with Crippen LogP contribution in [0, 0.1) is 17.0 Å². The number of carbonyl (C=O) groups excluding carboxylic acids is 1. The molecule has 0 bridgehead atoms. The standard InChI is InChI=1S/C18H14N4O4/c1-11-2-3-13(9-19-11)18(24)21-20-10-16-15-6-5-14(22(25)26)8-12(15)4-7-17(16)23/h2-10,23H,1H3,(H,21,24). The average molecular weight is 350 g/mol. The van der Waals surface area contributed by atoms with Crippen molar-refractivity contribution >= 4 is 28.6 Å². The highest BCUT2D eigenvalue weighted by molar-refractivity contribution is 6.03. The average Bonchev–Trinajstić information content (AvgIpc) is 2.63. The van der Waals surface area contributed by atoms with Crippen LogP contribution in [0.3, 0.4) is 0 Å². The smallest absolute Gasteiger partial charge is 0.272 e. The molecule has 3 rings (SSSR count). The molecule has 1 amide bonds. The summed E-state index contributed by atoms with van der Waals surface area (Å²) < 4.78 is 0. The lowest BCUT2D eigenvalue weighted by Gasteiger charge is -2.05. The topological polar surface area (TPSA) is 118 Å². The van der Waals surface area contributed by atoms with E-state index in [1.165, 1.54) is 36.7 Å². The number of fused-ring (bicyclic) bond motifs is 1. The van der Waals surface area contributed by atoms with Gasteiger partial charge in [-0.2, -0.15) is 5.10 Å². The minimum Gasteiger partial charge on any atom is -0.507 e. The number of nitro benzene ring substituents is 1. The van der Waals surface area contributed by atoms with Crippen LogP contribution < -0.4 is 5.43 Å². The monoisotopic (exact) mass is 350 g/mol. The zero-order valence-electron chi connectivity index (χ0n) is 13.7. The van der Waals surface area contributed by atoms with Crippen LogP contribution >= 0.6 is 0 Å². The highest BCUT2D eigenvalue weighted by atomic mass is 16.6. The first-order chi connectivity index (χ1) is 12.5. The molecule has 0 atom stereocenters. The molecular weight excluding hydrogens is 336 g/mol. The number of hydrogen-bond acceptors (Lipinski definition) is 6. The minimum absolute atomic E-state index is 0.0498. The summed E-state index contributed by atoms with van der Waals surface area (Å²) in [6, 6.07) is 10.6. The van der Waals surface area contributed by atoms with Gasteiger partial charge in [0.1, 0.15) is 5.75 Å². The first-order valence-corrected chi connectivity index (χ1v) is 7.62. The molecule has 3 aromatic rings. The van der Waals surface area contributed by atoms with Crippen molar-refractivity contribution in [1.82, 2.24) is 10.4 Å². The molecule has 0 spiro atoms. The fraction of sp³-hybridized carbons (Fsp3) is 0.0556. The van der Waals surface area contributed by atoms with Gasteiger partial charge in [0.15, 0.2) is 0 Å². The Bertz CT molecular complexity index is 1030. The number of hydrazone groups is 1. The van der Waals surface area contributed by atoms with Crippen molar-refractivity contribution in [1.29, 1.82) is 0 Å². The Morgan fingerprint density at radius 2 is 2.08 bits per heavy atom. The molecule has 8 heteroatoms. The maximum Gasteiger partial charge on any atom is 0.272 e. The number of nitrogens with one attached hydrogen (secondary N) is 1. The van der Waals surface area contributed by atoms with Gasteiger partial charge in [0.25, 0.3) is 11.6 Å². The Morgan fingerprint density at radius 1 is 1.27 bits per heavy atom. The van der Waals surface area contributed by atoms with Crippen molar-refractivity contribution in [3.05, 3.63) is 75.6 Å². The van der Waals surface area contributed by atoms with E-state index in [9.17, 15) is 20.0 Å². The van der Waals surface area contributed by atoms with Crippen molar-refractivity contribution in [3.63, 3.8) is 0 Å². The summed E-state index contributed by atoms with van der Waals surface area (Å²) in [5, 5.41) is 25.9. The Hall–Kier alpha value is -3.81. The van der Waals surface area contributed by atoms with Gasteiger partial charge in [-0.3, -0.25) is 19.9 Å². The fourth-order valence-corrected chi connectivity index (χ4v) is 2.40. The summed E-state index contributed by atoms with van der Waals surface area (Å²) >= 11 is 0. The van der Waals surface area contributed by atoms with Crippen molar-refractivity contribution in [3.8, 4) is 5.75 Å². The Morgan fingerprint density at radius 3 is 2.77 bits per heavy atom. The lowest BCUT2D eigenvalue weighted by atomic mass is 10.0. The van der Waals surface area contributed by atoms with Gasteiger partial charge in [-0.25, -0.2) is 5.43 Å². The number of non-ortho nitro benzene ring substituents is 1. The van der Waals surface area contributed by atoms with E-state index in [1.807, 2.05) is 6.92 Å². The number of pyridine rings is 1. The van der Waals surface area contributed by atoms with Crippen molar-refractivity contribution in [2.75, 3.05) is 0 Å². The van der Waals surface area contributed by atoms with Gasteiger partial charge in [0.05, 0.1) is 16.7 Å². The molecular formula is C18H14N4O4. The van der Waals surface area contributed by atoms with E-state index >= 15 is 0 Å². The maximum absolute atomic E-state index is 12.0. The lowest BCUT2D eigenvalue weighted by Crippen LogP contribution is -2.17. The second-order valence-electron chi connectivity index (χ2n) is 5.55. The second kappa shape index (κ2) is 6.98. The summed E-state index contributed by atoms with van der Waals surface area (Å²) in [4.78, 5) is 26.4. The van der Waals surface area contributed by atoms with Gasteiger partial charge < -0.3 is 5.11 Å². The van der Waals surface area contributed by atoms with Crippen LogP contribution in [0.1, 0.15) is 21.6 Å².